The second-order valence-electron chi connectivity index (χ2n) is 6.46. The lowest BCUT2D eigenvalue weighted by molar-refractivity contribution is -0.141. The average Bonchev–Trinajstić information content (AvgIpc) is 3.06. The molecule has 2 aliphatic heterocycles. The fraction of sp³-hybridized carbons (Fsp3) is 0.529. The number of anilines is 1. The van der Waals surface area contributed by atoms with Crippen LogP contribution in [0.15, 0.2) is 24.3 Å². The predicted molar refractivity (Wildman–Crippen MR) is 92.5 cm³/mol. The summed E-state index contributed by atoms with van der Waals surface area (Å²) in [4.78, 5) is 27.2. The van der Waals surface area contributed by atoms with Gasteiger partial charge in [0.05, 0.1) is 16.6 Å². The minimum atomic E-state index is -0.826. The van der Waals surface area contributed by atoms with Crippen LogP contribution in [0.1, 0.15) is 19.3 Å². The van der Waals surface area contributed by atoms with Crippen LogP contribution >= 0.6 is 11.6 Å². The van der Waals surface area contributed by atoms with Gasteiger partial charge in [-0.15, -0.1) is 0 Å². The number of hydrogen-bond donors (Lipinski definition) is 2. The normalized spacial score (nSPS) is 24.0. The van der Waals surface area contributed by atoms with E-state index in [1.54, 1.807) is 4.90 Å². The highest BCUT2D eigenvalue weighted by atomic mass is 35.5. The molecular formula is C17H22ClN3O3. The van der Waals surface area contributed by atoms with Crippen molar-refractivity contribution in [1.29, 1.82) is 0 Å². The highest BCUT2D eigenvalue weighted by molar-refractivity contribution is 6.33. The van der Waals surface area contributed by atoms with Crippen molar-refractivity contribution in [1.82, 2.24) is 10.2 Å². The summed E-state index contributed by atoms with van der Waals surface area (Å²) in [6.45, 7) is 2.43. The Balaban J connectivity index is 1.57. The van der Waals surface area contributed by atoms with Gasteiger partial charge in [-0.2, -0.15) is 0 Å². The van der Waals surface area contributed by atoms with Crippen LogP contribution in [0.3, 0.4) is 0 Å². The molecule has 2 N–H and O–H groups in total. The Morgan fingerprint density at radius 1 is 1.17 bits per heavy atom. The maximum atomic E-state index is 12.4. The summed E-state index contributed by atoms with van der Waals surface area (Å²) >= 11 is 6.27. The smallest absolute Gasteiger partial charge is 0.317 e. The van der Waals surface area contributed by atoms with Gasteiger partial charge in [0.25, 0.3) is 0 Å². The summed E-state index contributed by atoms with van der Waals surface area (Å²) in [5.74, 6) is -1.27. The van der Waals surface area contributed by atoms with Crippen molar-refractivity contribution < 1.29 is 14.7 Å². The van der Waals surface area contributed by atoms with E-state index in [9.17, 15) is 9.59 Å². The Hall–Kier alpha value is -1.95. The van der Waals surface area contributed by atoms with Gasteiger partial charge in [0, 0.05) is 32.2 Å². The van der Waals surface area contributed by atoms with Crippen LogP contribution in [0.25, 0.3) is 0 Å². The fourth-order valence-corrected chi connectivity index (χ4v) is 3.69. The summed E-state index contributed by atoms with van der Waals surface area (Å²) < 4.78 is 0. The van der Waals surface area contributed by atoms with Gasteiger partial charge in [-0.1, -0.05) is 23.7 Å². The highest BCUT2D eigenvalue weighted by Crippen LogP contribution is 2.28. The van der Waals surface area contributed by atoms with Crippen LogP contribution in [-0.4, -0.2) is 54.2 Å². The molecule has 2 saturated heterocycles. The number of aliphatic carboxylic acids is 1. The van der Waals surface area contributed by atoms with E-state index in [0.717, 1.165) is 25.1 Å². The number of carboxylic acids is 1. The molecule has 1 aromatic carbocycles. The summed E-state index contributed by atoms with van der Waals surface area (Å²) in [5, 5.41) is 12.8. The Labute approximate surface area is 146 Å². The summed E-state index contributed by atoms with van der Waals surface area (Å²) in [5.41, 5.74) is 0.991. The van der Waals surface area contributed by atoms with E-state index in [1.807, 2.05) is 24.3 Å². The second-order valence-corrected chi connectivity index (χ2v) is 6.86. The van der Waals surface area contributed by atoms with Gasteiger partial charge in [-0.3, -0.25) is 4.79 Å². The van der Waals surface area contributed by atoms with Crippen LogP contribution in [0.4, 0.5) is 10.5 Å². The molecule has 2 fully saturated rings. The average molecular weight is 352 g/mol. The molecule has 0 aromatic heterocycles. The largest absolute Gasteiger partial charge is 0.481 e. The highest BCUT2D eigenvalue weighted by Gasteiger charge is 2.32. The van der Waals surface area contributed by atoms with Gasteiger partial charge in [0.15, 0.2) is 0 Å². The zero-order valence-electron chi connectivity index (χ0n) is 13.4. The molecular weight excluding hydrogens is 330 g/mol. The van der Waals surface area contributed by atoms with Crippen molar-refractivity contribution >= 4 is 29.3 Å². The Kier molecular flexibility index (Phi) is 5.14. The molecule has 24 heavy (non-hydrogen) atoms. The fourth-order valence-electron chi connectivity index (χ4n) is 3.43. The lowest BCUT2D eigenvalue weighted by atomic mass is 10.0. The van der Waals surface area contributed by atoms with E-state index in [4.69, 9.17) is 16.7 Å². The number of carboxylic acid groups (broad SMARTS) is 1. The van der Waals surface area contributed by atoms with Crippen molar-refractivity contribution in [3.63, 3.8) is 0 Å². The summed E-state index contributed by atoms with van der Waals surface area (Å²) in [6, 6.07) is 7.61. The number of amides is 2. The molecule has 0 bridgehead atoms. The summed E-state index contributed by atoms with van der Waals surface area (Å²) in [7, 11) is 0. The van der Waals surface area contributed by atoms with E-state index >= 15 is 0 Å². The number of carbonyl (C=O) groups is 2. The molecule has 1 aromatic rings. The first-order valence-electron chi connectivity index (χ1n) is 8.32. The molecule has 2 aliphatic rings. The maximum Gasteiger partial charge on any atom is 0.317 e. The molecule has 2 unspecified atom stereocenters. The molecule has 7 heteroatoms. The van der Waals surface area contributed by atoms with Crippen LogP contribution < -0.4 is 10.2 Å². The van der Waals surface area contributed by atoms with Crippen molar-refractivity contribution in [3.05, 3.63) is 29.3 Å². The molecule has 3 rings (SSSR count). The molecule has 130 valence electrons. The number of rotatable bonds is 3. The Bertz CT molecular complexity index is 625. The van der Waals surface area contributed by atoms with Crippen molar-refractivity contribution in [3.8, 4) is 0 Å². The van der Waals surface area contributed by atoms with Gasteiger partial charge in [0.2, 0.25) is 0 Å². The van der Waals surface area contributed by atoms with Crippen LogP contribution in [0.5, 0.6) is 0 Å². The first kappa shape index (κ1) is 16.9. The zero-order valence-corrected chi connectivity index (χ0v) is 14.2. The monoisotopic (exact) mass is 351 g/mol. The maximum absolute atomic E-state index is 12.4. The Morgan fingerprint density at radius 3 is 2.67 bits per heavy atom. The molecule has 2 atom stereocenters. The number of halogens is 1. The number of urea groups is 1. The van der Waals surface area contributed by atoms with E-state index < -0.39 is 11.9 Å². The molecule has 0 aliphatic carbocycles. The lowest BCUT2D eigenvalue weighted by Crippen LogP contribution is -2.51. The molecule has 2 amide bonds. The molecule has 0 saturated carbocycles. The number of nitrogens with one attached hydrogen (secondary N) is 1. The third kappa shape index (κ3) is 3.75. The van der Waals surface area contributed by atoms with Gasteiger partial charge in [0.1, 0.15) is 0 Å². The van der Waals surface area contributed by atoms with Crippen LogP contribution in [0, 0.1) is 5.92 Å². The van der Waals surface area contributed by atoms with Crippen molar-refractivity contribution in [2.24, 2.45) is 5.92 Å². The number of nitrogens with zero attached hydrogens (tertiary/aromatic N) is 2. The van der Waals surface area contributed by atoms with Crippen molar-refractivity contribution in [2.75, 3.05) is 31.1 Å². The minimum Gasteiger partial charge on any atom is -0.481 e. The lowest BCUT2D eigenvalue weighted by Gasteiger charge is -2.35. The second kappa shape index (κ2) is 7.30. The SMILES string of the molecule is O=C(O)C1CCN(C(=O)NC2CCCN(c3ccccc3Cl)C2)C1. The van der Waals surface area contributed by atoms with Gasteiger partial charge in [-0.05, 0) is 31.4 Å². The number of benzene rings is 1. The van der Waals surface area contributed by atoms with E-state index in [1.165, 1.54) is 0 Å². The van der Waals surface area contributed by atoms with Gasteiger partial charge < -0.3 is 20.2 Å². The number of likely N-dealkylation sites (tertiary alicyclic amines) is 1. The summed E-state index contributed by atoms with van der Waals surface area (Å²) in [6.07, 6.45) is 2.43. The quantitative estimate of drug-likeness (QED) is 0.877. The molecule has 0 spiro atoms. The van der Waals surface area contributed by atoms with E-state index in [0.29, 0.717) is 31.1 Å². The number of hydrogen-bond acceptors (Lipinski definition) is 3. The number of piperidine rings is 1. The minimum absolute atomic E-state index is 0.0476. The van der Waals surface area contributed by atoms with Crippen LogP contribution in [-0.2, 0) is 4.79 Å². The topological polar surface area (TPSA) is 72.9 Å². The van der Waals surface area contributed by atoms with Gasteiger partial charge in [-0.25, -0.2) is 4.79 Å². The first-order chi connectivity index (χ1) is 11.5. The van der Waals surface area contributed by atoms with Crippen LogP contribution in [0.2, 0.25) is 5.02 Å². The van der Waals surface area contributed by atoms with E-state index in [-0.39, 0.29) is 12.1 Å². The van der Waals surface area contributed by atoms with Gasteiger partial charge >= 0.3 is 12.0 Å². The Morgan fingerprint density at radius 2 is 1.96 bits per heavy atom. The number of para-hydroxylation sites is 1. The third-order valence-electron chi connectivity index (χ3n) is 4.77. The third-order valence-corrected chi connectivity index (χ3v) is 5.09. The molecule has 2 heterocycles. The number of carbonyl (C=O) groups excluding carboxylic acids is 1. The molecule has 0 radical (unpaired) electrons. The molecule has 6 nitrogen and oxygen atoms in total. The van der Waals surface area contributed by atoms with E-state index in [2.05, 4.69) is 10.2 Å². The predicted octanol–water partition coefficient (Wildman–Crippen LogP) is 2.42. The zero-order chi connectivity index (χ0) is 17.1. The van der Waals surface area contributed by atoms with Crippen molar-refractivity contribution in [2.45, 2.75) is 25.3 Å². The first-order valence-corrected chi connectivity index (χ1v) is 8.70. The standard InChI is InChI=1S/C17H22ClN3O3/c18-14-5-1-2-6-15(14)20-8-3-4-13(11-20)19-17(24)21-9-7-12(10-21)16(22)23/h1-2,5-6,12-13H,3-4,7-11H2,(H,19,24)(H,22,23).